The third-order valence-electron chi connectivity index (χ3n) is 8.47. The molecule has 0 heterocycles. The highest BCUT2D eigenvalue weighted by Gasteiger charge is 2.36. The second-order valence-electron chi connectivity index (χ2n) is 10.8. The molecule has 0 bridgehead atoms. The number of halogens is 5. The van der Waals surface area contributed by atoms with Crippen molar-refractivity contribution in [2.24, 2.45) is 17.8 Å². The van der Waals surface area contributed by atoms with Gasteiger partial charge in [-0.05, 0) is 79.9 Å². The predicted octanol–water partition coefficient (Wildman–Crippen LogP) is 9.89. The van der Waals surface area contributed by atoms with Crippen molar-refractivity contribution >= 4 is 0 Å². The highest BCUT2D eigenvalue weighted by Crippen LogP contribution is 2.45. The number of alkyl halides is 2. The van der Waals surface area contributed by atoms with Gasteiger partial charge in [-0.15, -0.1) is 0 Å². The Kier molecular flexibility index (Phi) is 8.95. The van der Waals surface area contributed by atoms with Gasteiger partial charge in [0.2, 0.25) is 0 Å². The van der Waals surface area contributed by atoms with Crippen LogP contribution in [0.4, 0.5) is 22.0 Å². The standard InChI is InChI=1S/C30H37F5O/c1-2-3-4-5-20-6-8-21(9-7-20)22-10-12-23(13-11-22)24-14-16-25(17-15-24)30(34,35)36-26-18-27(31)29(33)28(32)19-26/h14-23H,2-13H2,1H3/t20-,21-,22?,23?. The molecule has 1 nitrogen and oxygen atoms in total. The van der Waals surface area contributed by atoms with E-state index in [0.717, 1.165) is 36.2 Å². The maximum atomic E-state index is 14.6. The monoisotopic (exact) mass is 508 g/mol. The molecule has 0 aliphatic heterocycles. The summed E-state index contributed by atoms with van der Waals surface area (Å²) >= 11 is 0. The first kappa shape index (κ1) is 26.9. The highest BCUT2D eigenvalue weighted by molar-refractivity contribution is 5.30. The first-order chi connectivity index (χ1) is 17.3. The van der Waals surface area contributed by atoms with Crippen LogP contribution in [-0.2, 0) is 6.11 Å². The molecule has 198 valence electrons. The molecule has 2 aromatic carbocycles. The smallest absolute Gasteiger partial charge is 0.426 e. The Labute approximate surface area is 211 Å². The molecule has 36 heavy (non-hydrogen) atoms. The van der Waals surface area contributed by atoms with Crippen molar-refractivity contribution in [1.29, 1.82) is 0 Å². The third-order valence-corrected chi connectivity index (χ3v) is 8.47. The van der Waals surface area contributed by atoms with E-state index in [0.29, 0.717) is 18.1 Å². The third kappa shape index (κ3) is 6.60. The van der Waals surface area contributed by atoms with Crippen molar-refractivity contribution in [2.75, 3.05) is 0 Å². The Bertz CT molecular complexity index is 950. The van der Waals surface area contributed by atoms with E-state index in [9.17, 15) is 22.0 Å². The van der Waals surface area contributed by atoms with Gasteiger partial charge in [0.25, 0.3) is 0 Å². The molecule has 0 aromatic heterocycles. The second-order valence-corrected chi connectivity index (χ2v) is 10.8. The normalized spacial score (nSPS) is 25.1. The van der Waals surface area contributed by atoms with E-state index < -0.39 is 34.9 Å². The molecule has 6 heteroatoms. The van der Waals surface area contributed by atoms with Crippen molar-refractivity contribution in [3.63, 3.8) is 0 Å². The number of ether oxygens (including phenoxy) is 1. The van der Waals surface area contributed by atoms with Gasteiger partial charge in [-0.3, -0.25) is 0 Å². The zero-order chi connectivity index (χ0) is 25.7. The van der Waals surface area contributed by atoms with Gasteiger partial charge >= 0.3 is 6.11 Å². The minimum Gasteiger partial charge on any atom is -0.429 e. The summed E-state index contributed by atoms with van der Waals surface area (Å²) in [6, 6.07) is 6.83. The van der Waals surface area contributed by atoms with Gasteiger partial charge in [0, 0.05) is 12.1 Å². The lowest BCUT2D eigenvalue weighted by Gasteiger charge is -2.38. The number of hydrogen-bond donors (Lipinski definition) is 0. The summed E-state index contributed by atoms with van der Waals surface area (Å²) in [5.41, 5.74) is 0.618. The van der Waals surface area contributed by atoms with Crippen LogP contribution in [0.15, 0.2) is 36.4 Å². The first-order valence-corrected chi connectivity index (χ1v) is 13.6. The molecule has 2 aromatic rings. The molecular weight excluding hydrogens is 471 g/mol. The quantitative estimate of drug-likeness (QED) is 0.186. The van der Waals surface area contributed by atoms with Crippen molar-refractivity contribution in [1.82, 2.24) is 0 Å². The minimum atomic E-state index is -3.80. The Balaban J connectivity index is 1.28. The topological polar surface area (TPSA) is 9.23 Å². The molecule has 2 aliphatic rings. The lowest BCUT2D eigenvalue weighted by molar-refractivity contribution is -0.185. The summed E-state index contributed by atoms with van der Waals surface area (Å²) in [5.74, 6) is -2.74. The predicted molar refractivity (Wildman–Crippen MR) is 132 cm³/mol. The molecule has 0 amide bonds. The molecular formula is C30H37F5O. The average molecular weight is 509 g/mol. The molecule has 0 unspecified atom stereocenters. The SMILES string of the molecule is CCCCC[C@H]1CC[C@H](C2CCC(c3ccc(C(F)(F)Oc4cc(F)c(F)c(F)c4)cc3)CC2)CC1. The second kappa shape index (κ2) is 12.0. The average Bonchev–Trinajstić information content (AvgIpc) is 2.88. The molecule has 2 aliphatic carbocycles. The number of rotatable bonds is 9. The molecule has 0 N–H and O–H groups in total. The van der Waals surface area contributed by atoms with E-state index in [1.807, 2.05) is 0 Å². The van der Waals surface area contributed by atoms with E-state index in [2.05, 4.69) is 11.7 Å². The maximum Gasteiger partial charge on any atom is 0.426 e. The fourth-order valence-corrected chi connectivity index (χ4v) is 6.30. The van der Waals surface area contributed by atoms with E-state index in [-0.39, 0.29) is 0 Å². The molecule has 4 rings (SSSR count). The van der Waals surface area contributed by atoms with Crippen LogP contribution in [-0.4, -0.2) is 0 Å². The zero-order valence-corrected chi connectivity index (χ0v) is 21.1. The van der Waals surface area contributed by atoms with Crippen molar-refractivity contribution in [3.05, 3.63) is 65.0 Å². The van der Waals surface area contributed by atoms with Crippen LogP contribution in [0.25, 0.3) is 0 Å². The van der Waals surface area contributed by atoms with Crippen LogP contribution in [0.1, 0.15) is 101 Å². The van der Waals surface area contributed by atoms with Gasteiger partial charge in [0.1, 0.15) is 5.75 Å². The van der Waals surface area contributed by atoms with Crippen LogP contribution in [0, 0.1) is 35.2 Å². The van der Waals surface area contributed by atoms with Crippen molar-refractivity contribution in [3.8, 4) is 5.75 Å². The van der Waals surface area contributed by atoms with Gasteiger partial charge in [-0.1, -0.05) is 57.6 Å². The van der Waals surface area contributed by atoms with Gasteiger partial charge < -0.3 is 4.74 Å². The van der Waals surface area contributed by atoms with Crippen molar-refractivity contribution in [2.45, 2.75) is 96.0 Å². The van der Waals surface area contributed by atoms with Crippen molar-refractivity contribution < 1.29 is 26.7 Å². The lowest BCUT2D eigenvalue weighted by atomic mass is 9.68. The Morgan fingerprint density at radius 3 is 1.89 bits per heavy atom. The molecule has 2 fully saturated rings. The van der Waals surface area contributed by atoms with E-state index >= 15 is 0 Å². The first-order valence-electron chi connectivity index (χ1n) is 13.6. The van der Waals surface area contributed by atoms with E-state index in [1.165, 1.54) is 76.3 Å². The summed E-state index contributed by atoms with van der Waals surface area (Å²) in [7, 11) is 0. The van der Waals surface area contributed by atoms with Gasteiger partial charge in [-0.2, -0.15) is 8.78 Å². The fraction of sp³-hybridized carbons (Fsp3) is 0.600. The summed E-state index contributed by atoms with van der Waals surface area (Å²) in [4.78, 5) is 0. The van der Waals surface area contributed by atoms with E-state index in [1.54, 1.807) is 12.1 Å². The number of unbranched alkanes of at least 4 members (excludes halogenated alkanes) is 2. The molecule has 2 saturated carbocycles. The molecule has 0 spiro atoms. The van der Waals surface area contributed by atoms with Crippen LogP contribution >= 0.6 is 0 Å². The molecule has 0 radical (unpaired) electrons. The van der Waals surface area contributed by atoms with Gasteiger partial charge in [0.15, 0.2) is 17.5 Å². The number of benzene rings is 2. The summed E-state index contributed by atoms with van der Waals surface area (Å²) in [6.45, 7) is 2.26. The lowest BCUT2D eigenvalue weighted by Crippen LogP contribution is -2.25. The summed E-state index contributed by atoms with van der Waals surface area (Å²) < 4.78 is 73.5. The highest BCUT2D eigenvalue weighted by atomic mass is 19.3. The molecule has 0 saturated heterocycles. The fourth-order valence-electron chi connectivity index (χ4n) is 6.30. The minimum absolute atomic E-state index is 0.357. The Morgan fingerprint density at radius 2 is 1.33 bits per heavy atom. The van der Waals surface area contributed by atoms with E-state index in [4.69, 9.17) is 0 Å². The largest absolute Gasteiger partial charge is 0.429 e. The Hall–Kier alpha value is -2.11. The summed E-state index contributed by atoms with van der Waals surface area (Å²) in [5, 5.41) is 0. The van der Waals surface area contributed by atoms with Gasteiger partial charge in [0.05, 0.1) is 5.56 Å². The summed E-state index contributed by atoms with van der Waals surface area (Å²) in [6.07, 6.45) is 11.6. The van der Waals surface area contributed by atoms with Crippen LogP contribution in [0.3, 0.4) is 0 Å². The van der Waals surface area contributed by atoms with Crippen LogP contribution in [0.5, 0.6) is 5.75 Å². The van der Waals surface area contributed by atoms with Gasteiger partial charge in [-0.25, -0.2) is 13.2 Å². The van der Waals surface area contributed by atoms with Crippen LogP contribution in [0.2, 0.25) is 0 Å². The van der Waals surface area contributed by atoms with Crippen LogP contribution < -0.4 is 4.74 Å². The maximum absolute atomic E-state index is 14.6. The zero-order valence-electron chi connectivity index (χ0n) is 21.1. The number of hydrogen-bond acceptors (Lipinski definition) is 1. The Morgan fingerprint density at radius 1 is 0.778 bits per heavy atom. The molecule has 0 atom stereocenters.